The summed E-state index contributed by atoms with van der Waals surface area (Å²) in [4.78, 5) is 8.19. The van der Waals surface area contributed by atoms with Gasteiger partial charge < -0.3 is 15.4 Å². The number of hydrogen-bond acceptors (Lipinski definition) is 5. The number of fused-ring (bicyclic) bond motifs is 1. The van der Waals surface area contributed by atoms with Crippen molar-refractivity contribution >= 4 is 22.1 Å². The Kier molecular flexibility index (Phi) is 3.72. The van der Waals surface area contributed by atoms with E-state index >= 15 is 0 Å². The Hall–Kier alpha value is -1.11. The first-order chi connectivity index (χ1) is 9.29. The molecule has 0 bridgehead atoms. The molecule has 0 aromatic carbocycles. The monoisotopic (exact) mass is 280 g/mol. The highest BCUT2D eigenvalue weighted by Crippen LogP contribution is 2.26. The number of rotatable bonds is 3. The molecule has 5 nitrogen and oxygen atoms in total. The molecule has 1 atom stereocenters. The SMILES string of the molecule is CC1CN(c2nc3sccn3c2CCN)CCCO1. The lowest BCUT2D eigenvalue weighted by atomic mass is 10.2. The van der Waals surface area contributed by atoms with Crippen LogP contribution in [-0.4, -0.2) is 41.7 Å². The van der Waals surface area contributed by atoms with Crippen LogP contribution in [0.25, 0.3) is 4.96 Å². The molecule has 2 aromatic heterocycles. The van der Waals surface area contributed by atoms with E-state index in [9.17, 15) is 0 Å². The number of hydrogen-bond donors (Lipinski definition) is 1. The second-order valence-corrected chi connectivity index (χ2v) is 5.83. The average molecular weight is 280 g/mol. The van der Waals surface area contributed by atoms with Crippen molar-refractivity contribution in [3.05, 3.63) is 17.3 Å². The van der Waals surface area contributed by atoms with E-state index in [1.54, 1.807) is 11.3 Å². The minimum Gasteiger partial charge on any atom is -0.377 e. The van der Waals surface area contributed by atoms with Gasteiger partial charge in [0, 0.05) is 37.7 Å². The van der Waals surface area contributed by atoms with Crippen molar-refractivity contribution in [3.8, 4) is 0 Å². The maximum Gasteiger partial charge on any atom is 0.195 e. The van der Waals surface area contributed by atoms with E-state index in [2.05, 4.69) is 27.8 Å². The molecular formula is C13H20N4OS. The van der Waals surface area contributed by atoms with Gasteiger partial charge in [-0.3, -0.25) is 4.40 Å². The average Bonchev–Trinajstić information content (AvgIpc) is 2.89. The fourth-order valence-corrected chi connectivity index (χ4v) is 3.36. The summed E-state index contributed by atoms with van der Waals surface area (Å²) in [5.41, 5.74) is 6.98. The first-order valence-corrected chi connectivity index (χ1v) is 7.68. The van der Waals surface area contributed by atoms with Gasteiger partial charge in [0.25, 0.3) is 0 Å². The van der Waals surface area contributed by atoms with Crippen LogP contribution in [-0.2, 0) is 11.2 Å². The lowest BCUT2D eigenvalue weighted by Gasteiger charge is -2.23. The summed E-state index contributed by atoms with van der Waals surface area (Å²) in [6.07, 6.45) is 4.25. The van der Waals surface area contributed by atoms with Gasteiger partial charge in [-0.1, -0.05) is 0 Å². The molecule has 2 aromatic rings. The van der Waals surface area contributed by atoms with E-state index in [0.717, 1.165) is 43.3 Å². The van der Waals surface area contributed by atoms with Crippen molar-refractivity contribution in [2.24, 2.45) is 5.73 Å². The van der Waals surface area contributed by atoms with Gasteiger partial charge in [-0.15, -0.1) is 11.3 Å². The summed E-state index contributed by atoms with van der Waals surface area (Å²) in [6.45, 7) is 5.52. The number of thiazole rings is 1. The van der Waals surface area contributed by atoms with Crippen LogP contribution in [0.5, 0.6) is 0 Å². The summed E-state index contributed by atoms with van der Waals surface area (Å²) < 4.78 is 7.88. The summed E-state index contributed by atoms with van der Waals surface area (Å²) in [7, 11) is 0. The Morgan fingerprint density at radius 1 is 1.58 bits per heavy atom. The molecular weight excluding hydrogens is 260 g/mol. The number of aromatic nitrogens is 2. The molecule has 1 aliphatic rings. The molecule has 0 saturated carbocycles. The first-order valence-electron chi connectivity index (χ1n) is 6.80. The topological polar surface area (TPSA) is 55.8 Å². The molecule has 1 fully saturated rings. The number of nitrogens with two attached hydrogens (primary N) is 1. The molecule has 3 rings (SSSR count). The molecule has 2 N–H and O–H groups in total. The normalized spacial score (nSPS) is 20.9. The van der Waals surface area contributed by atoms with Crippen molar-refractivity contribution in [1.29, 1.82) is 0 Å². The van der Waals surface area contributed by atoms with Crippen LogP contribution in [0.4, 0.5) is 5.82 Å². The quantitative estimate of drug-likeness (QED) is 0.926. The zero-order chi connectivity index (χ0) is 13.2. The third-order valence-corrected chi connectivity index (χ3v) is 4.23. The van der Waals surface area contributed by atoms with Crippen molar-refractivity contribution in [3.63, 3.8) is 0 Å². The van der Waals surface area contributed by atoms with Gasteiger partial charge in [-0.05, 0) is 19.9 Å². The minimum atomic E-state index is 0.257. The van der Waals surface area contributed by atoms with Gasteiger partial charge in [0.05, 0.1) is 11.8 Å². The largest absolute Gasteiger partial charge is 0.377 e. The summed E-state index contributed by atoms with van der Waals surface area (Å²) in [6, 6.07) is 0. The van der Waals surface area contributed by atoms with Crippen LogP contribution in [0.15, 0.2) is 11.6 Å². The highest BCUT2D eigenvalue weighted by Gasteiger charge is 2.22. The Labute approximate surface area is 117 Å². The van der Waals surface area contributed by atoms with Crippen molar-refractivity contribution in [1.82, 2.24) is 9.38 Å². The predicted molar refractivity (Wildman–Crippen MR) is 78.1 cm³/mol. The Balaban J connectivity index is 1.97. The number of anilines is 1. The third kappa shape index (κ3) is 2.48. The lowest BCUT2D eigenvalue weighted by Crippen LogP contribution is -2.31. The highest BCUT2D eigenvalue weighted by molar-refractivity contribution is 7.15. The molecule has 1 unspecified atom stereocenters. The van der Waals surface area contributed by atoms with Crippen molar-refractivity contribution in [2.45, 2.75) is 25.9 Å². The van der Waals surface area contributed by atoms with E-state index in [0.29, 0.717) is 6.54 Å². The predicted octanol–water partition coefficient (Wildman–Crippen LogP) is 1.51. The van der Waals surface area contributed by atoms with Gasteiger partial charge in [-0.2, -0.15) is 0 Å². The Morgan fingerprint density at radius 2 is 2.47 bits per heavy atom. The number of imidazole rings is 1. The van der Waals surface area contributed by atoms with Gasteiger partial charge in [0.1, 0.15) is 0 Å². The van der Waals surface area contributed by atoms with Crippen LogP contribution in [0.1, 0.15) is 19.0 Å². The number of nitrogens with zero attached hydrogens (tertiary/aromatic N) is 3. The van der Waals surface area contributed by atoms with Gasteiger partial charge in [0.2, 0.25) is 0 Å². The van der Waals surface area contributed by atoms with E-state index in [1.165, 1.54) is 5.69 Å². The van der Waals surface area contributed by atoms with Crippen LogP contribution in [0.2, 0.25) is 0 Å². The van der Waals surface area contributed by atoms with E-state index < -0.39 is 0 Å². The molecule has 0 aliphatic carbocycles. The second kappa shape index (κ2) is 5.48. The Bertz CT molecular complexity index is 550. The molecule has 0 spiro atoms. The van der Waals surface area contributed by atoms with Crippen LogP contribution in [0.3, 0.4) is 0 Å². The van der Waals surface area contributed by atoms with Crippen LogP contribution < -0.4 is 10.6 Å². The van der Waals surface area contributed by atoms with Gasteiger partial charge >= 0.3 is 0 Å². The fourth-order valence-electron chi connectivity index (χ4n) is 2.63. The molecule has 0 radical (unpaired) electrons. The van der Waals surface area contributed by atoms with E-state index in [-0.39, 0.29) is 6.10 Å². The molecule has 1 saturated heterocycles. The van der Waals surface area contributed by atoms with E-state index in [4.69, 9.17) is 15.5 Å². The van der Waals surface area contributed by atoms with Crippen LogP contribution >= 0.6 is 11.3 Å². The van der Waals surface area contributed by atoms with Gasteiger partial charge in [0.15, 0.2) is 10.8 Å². The minimum absolute atomic E-state index is 0.257. The summed E-state index contributed by atoms with van der Waals surface area (Å²) in [5, 5.41) is 2.07. The standard InChI is InChI=1S/C13H20N4OS/c1-10-9-16(5-2-7-18-10)12-11(3-4-14)17-6-8-19-13(17)15-12/h6,8,10H,2-5,7,9,14H2,1H3. The second-order valence-electron chi connectivity index (χ2n) is 4.96. The summed E-state index contributed by atoms with van der Waals surface area (Å²) >= 11 is 1.67. The first kappa shape index (κ1) is 12.9. The molecule has 19 heavy (non-hydrogen) atoms. The van der Waals surface area contributed by atoms with Crippen LogP contribution in [0, 0.1) is 0 Å². The maximum absolute atomic E-state index is 5.76. The fraction of sp³-hybridized carbons (Fsp3) is 0.615. The zero-order valence-corrected chi connectivity index (χ0v) is 12.0. The Morgan fingerprint density at radius 3 is 3.32 bits per heavy atom. The van der Waals surface area contributed by atoms with Crippen molar-refractivity contribution < 1.29 is 4.74 Å². The zero-order valence-electron chi connectivity index (χ0n) is 11.2. The maximum atomic E-state index is 5.76. The van der Waals surface area contributed by atoms with Gasteiger partial charge in [-0.25, -0.2) is 4.98 Å². The van der Waals surface area contributed by atoms with Crippen molar-refractivity contribution in [2.75, 3.05) is 31.1 Å². The molecule has 104 valence electrons. The molecule has 3 heterocycles. The molecule has 1 aliphatic heterocycles. The molecule has 6 heteroatoms. The number of ether oxygens (including phenoxy) is 1. The molecule has 0 amide bonds. The smallest absolute Gasteiger partial charge is 0.195 e. The summed E-state index contributed by atoms with van der Waals surface area (Å²) in [5.74, 6) is 1.09. The highest BCUT2D eigenvalue weighted by atomic mass is 32.1. The lowest BCUT2D eigenvalue weighted by molar-refractivity contribution is 0.0820. The third-order valence-electron chi connectivity index (χ3n) is 3.47. The van der Waals surface area contributed by atoms with E-state index in [1.807, 2.05) is 0 Å².